The van der Waals surface area contributed by atoms with Crippen molar-refractivity contribution in [2.75, 3.05) is 23.8 Å². The van der Waals surface area contributed by atoms with Crippen molar-refractivity contribution in [3.05, 3.63) is 65.0 Å². The molecule has 6 heteroatoms. The molecule has 0 bridgehead atoms. The fourth-order valence-electron chi connectivity index (χ4n) is 4.72. The maximum atomic E-state index is 13.7. The van der Waals surface area contributed by atoms with E-state index in [-0.39, 0.29) is 30.0 Å². The Labute approximate surface area is 184 Å². The van der Waals surface area contributed by atoms with Crippen LogP contribution in [0.1, 0.15) is 42.9 Å². The van der Waals surface area contributed by atoms with E-state index in [2.05, 4.69) is 5.32 Å². The standard InChI is InChI=1S/C25H31FNO3P/c1-4-22(25(29)27-24-18(2)14-21(26)15-19(24)3)31(12-8-9-13-31)17-23(28)30-16-20-10-6-5-7-11-20/h5-7,10-11,14-15,22H,4,8-9,12-13,16-17H2,1-3H3/p+1. The van der Waals surface area contributed by atoms with Gasteiger partial charge in [-0.25, -0.2) is 9.18 Å². The van der Waals surface area contributed by atoms with E-state index in [1.54, 1.807) is 13.8 Å². The number of ether oxygens (including phenoxy) is 1. The number of aryl methyl sites for hydroxylation is 2. The van der Waals surface area contributed by atoms with Gasteiger partial charge in [0.1, 0.15) is 18.1 Å². The summed E-state index contributed by atoms with van der Waals surface area (Å²) in [7, 11) is -1.83. The maximum absolute atomic E-state index is 13.7. The number of esters is 1. The zero-order valence-electron chi connectivity index (χ0n) is 18.6. The molecule has 1 saturated heterocycles. The molecule has 0 spiro atoms. The molecular formula is C25H32FNO3P+. The van der Waals surface area contributed by atoms with Gasteiger partial charge in [0.05, 0.1) is 12.3 Å². The van der Waals surface area contributed by atoms with Gasteiger partial charge in [-0.2, -0.15) is 0 Å². The first-order valence-electron chi connectivity index (χ1n) is 11.0. The molecule has 1 heterocycles. The normalized spacial score (nSPS) is 16.0. The summed E-state index contributed by atoms with van der Waals surface area (Å²) in [5.41, 5.74) is 2.86. The number of amides is 1. The second-order valence-corrected chi connectivity index (χ2v) is 12.8. The van der Waals surface area contributed by atoms with Gasteiger partial charge >= 0.3 is 5.97 Å². The van der Waals surface area contributed by atoms with Crippen molar-refractivity contribution < 1.29 is 18.7 Å². The Hall–Kier alpha value is -2.26. The van der Waals surface area contributed by atoms with Gasteiger partial charge in [0, 0.05) is 12.9 Å². The van der Waals surface area contributed by atoms with E-state index in [4.69, 9.17) is 4.74 Å². The van der Waals surface area contributed by atoms with Crippen LogP contribution in [0.3, 0.4) is 0 Å². The quantitative estimate of drug-likeness (QED) is 0.419. The fourth-order valence-corrected chi connectivity index (χ4v) is 9.75. The van der Waals surface area contributed by atoms with Crippen LogP contribution in [0.25, 0.3) is 0 Å². The summed E-state index contributed by atoms with van der Waals surface area (Å²) in [4.78, 5) is 26.1. The topological polar surface area (TPSA) is 55.4 Å². The van der Waals surface area contributed by atoms with Crippen molar-refractivity contribution in [1.29, 1.82) is 0 Å². The first-order chi connectivity index (χ1) is 14.8. The highest BCUT2D eigenvalue weighted by Gasteiger charge is 2.52. The Morgan fingerprint density at radius 1 is 1.10 bits per heavy atom. The minimum Gasteiger partial charge on any atom is -0.458 e. The van der Waals surface area contributed by atoms with Gasteiger partial charge in [0.2, 0.25) is 0 Å². The number of carbonyl (C=O) groups excluding carboxylic acids is 2. The lowest BCUT2D eigenvalue weighted by Crippen LogP contribution is -2.34. The first-order valence-corrected chi connectivity index (χ1v) is 13.4. The van der Waals surface area contributed by atoms with Crippen LogP contribution in [-0.4, -0.2) is 36.0 Å². The maximum Gasteiger partial charge on any atom is 0.344 e. The number of benzene rings is 2. The zero-order chi connectivity index (χ0) is 22.4. The van der Waals surface area contributed by atoms with Crippen molar-refractivity contribution in [2.24, 2.45) is 0 Å². The molecule has 1 N–H and O–H groups in total. The Balaban J connectivity index is 1.73. The Bertz CT molecular complexity index is 903. The zero-order valence-corrected chi connectivity index (χ0v) is 19.5. The molecule has 166 valence electrons. The predicted molar refractivity (Wildman–Crippen MR) is 126 cm³/mol. The molecule has 1 amide bonds. The molecule has 0 saturated carbocycles. The van der Waals surface area contributed by atoms with E-state index in [1.165, 1.54) is 12.1 Å². The van der Waals surface area contributed by atoms with Crippen LogP contribution in [0.2, 0.25) is 0 Å². The number of halogens is 1. The van der Waals surface area contributed by atoms with Gasteiger partial charge in [-0.15, -0.1) is 0 Å². The van der Waals surface area contributed by atoms with E-state index >= 15 is 0 Å². The average molecular weight is 445 g/mol. The summed E-state index contributed by atoms with van der Waals surface area (Å²) in [6, 6.07) is 12.5. The molecule has 1 aliphatic rings. The molecule has 2 aromatic rings. The third-order valence-electron chi connectivity index (χ3n) is 6.24. The lowest BCUT2D eigenvalue weighted by atomic mass is 10.1. The van der Waals surface area contributed by atoms with Crippen LogP contribution in [0, 0.1) is 19.7 Å². The van der Waals surface area contributed by atoms with E-state index in [0.29, 0.717) is 29.4 Å². The van der Waals surface area contributed by atoms with Crippen LogP contribution in [0.15, 0.2) is 42.5 Å². The van der Waals surface area contributed by atoms with E-state index in [1.807, 2.05) is 37.3 Å². The SMILES string of the molecule is CCC(C(=O)Nc1c(C)cc(F)cc1C)[P+]1(CC(=O)OCc2ccccc2)CCCC1. The minimum atomic E-state index is -1.83. The average Bonchev–Trinajstić information content (AvgIpc) is 3.19. The van der Waals surface area contributed by atoms with Crippen molar-refractivity contribution in [1.82, 2.24) is 0 Å². The summed E-state index contributed by atoms with van der Waals surface area (Å²) in [5.74, 6) is -0.563. The van der Waals surface area contributed by atoms with Crippen LogP contribution in [0.4, 0.5) is 10.1 Å². The molecule has 3 rings (SSSR count). The van der Waals surface area contributed by atoms with Crippen molar-refractivity contribution in [3.8, 4) is 0 Å². The third-order valence-corrected chi connectivity index (χ3v) is 11.5. The third kappa shape index (κ3) is 5.71. The van der Waals surface area contributed by atoms with Gasteiger partial charge in [-0.3, -0.25) is 4.79 Å². The summed E-state index contributed by atoms with van der Waals surface area (Å²) >= 11 is 0. The molecular weight excluding hydrogens is 412 g/mol. The van der Waals surface area contributed by atoms with Crippen molar-refractivity contribution in [2.45, 2.75) is 52.3 Å². The van der Waals surface area contributed by atoms with E-state index < -0.39 is 7.26 Å². The summed E-state index contributed by atoms with van der Waals surface area (Å²) in [6.45, 7) is 5.88. The summed E-state index contributed by atoms with van der Waals surface area (Å²) in [6.07, 6.45) is 5.04. The van der Waals surface area contributed by atoms with Crippen LogP contribution < -0.4 is 5.32 Å². The highest BCUT2D eigenvalue weighted by molar-refractivity contribution is 7.78. The predicted octanol–water partition coefficient (Wildman–Crippen LogP) is 5.71. The number of rotatable bonds is 8. The molecule has 31 heavy (non-hydrogen) atoms. The monoisotopic (exact) mass is 444 g/mol. The smallest absolute Gasteiger partial charge is 0.344 e. The number of hydrogen-bond acceptors (Lipinski definition) is 3. The van der Waals surface area contributed by atoms with Crippen LogP contribution >= 0.6 is 7.26 Å². The first kappa shape index (κ1) is 23.4. The van der Waals surface area contributed by atoms with Gasteiger partial charge in [-0.05, 0) is 61.9 Å². The van der Waals surface area contributed by atoms with Gasteiger partial charge < -0.3 is 10.1 Å². The van der Waals surface area contributed by atoms with Gasteiger partial charge in [0.15, 0.2) is 6.16 Å². The molecule has 1 aliphatic heterocycles. The minimum absolute atomic E-state index is 0.0496. The summed E-state index contributed by atoms with van der Waals surface area (Å²) < 4.78 is 19.2. The number of carbonyl (C=O) groups is 2. The summed E-state index contributed by atoms with van der Waals surface area (Å²) in [5, 5.41) is 3.06. The highest BCUT2D eigenvalue weighted by atomic mass is 31.2. The molecule has 1 fully saturated rings. The second kappa shape index (κ2) is 10.4. The van der Waals surface area contributed by atoms with Crippen molar-refractivity contribution in [3.63, 3.8) is 0 Å². The molecule has 0 aromatic heterocycles. The molecule has 1 unspecified atom stereocenters. The van der Waals surface area contributed by atoms with Crippen LogP contribution in [0.5, 0.6) is 0 Å². The van der Waals surface area contributed by atoms with Crippen molar-refractivity contribution >= 4 is 24.8 Å². The molecule has 1 atom stereocenters. The fraction of sp³-hybridized carbons (Fsp3) is 0.440. The highest BCUT2D eigenvalue weighted by Crippen LogP contribution is 2.68. The molecule has 2 aromatic carbocycles. The molecule has 0 aliphatic carbocycles. The lowest BCUT2D eigenvalue weighted by molar-refractivity contribution is -0.141. The van der Waals surface area contributed by atoms with Crippen LogP contribution in [-0.2, 0) is 20.9 Å². The van der Waals surface area contributed by atoms with Gasteiger partial charge in [-0.1, -0.05) is 37.3 Å². The largest absolute Gasteiger partial charge is 0.458 e. The Kier molecular flexibility index (Phi) is 7.83. The molecule has 0 radical (unpaired) electrons. The Morgan fingerprint density at radius 3 is 2.29 bits per heavy atom. The lowest BCUT2D eigenvalue weighted by Gasteiger charge is -2.29. The number of anilines is 1. The van der Waals surface area contributed by atoms with Gasteiger partial charge in [0.25, 0.3) is 5.91 Å². The van der Waals surface area contributed by atoms with E-state index in [9.17, 15) is 14.0 Å². The number of hydrogen-bond donors (Lipinski definition) is 1. The molecule has 4 nitrogen and oxygen atoms in total. The van der Waals surface area contributed by atoms with E-state index in [0.717, 1.165) is 30.7 Å². The second-order valence-electron chi connectivity index (χ2n) is 8.51. The number of nitrogens with one attached hydrogen (secondary N) is 1. The Morgan fingerprint density at radius 2 is 1.71 bits per heavy atom.